The van der Waals surface area contributed by atoms with Gasteiger partial charge in [0, 0.05) is 11.8 Å². The van der Waals surface area contributed by atoms with Gasteiger partial charge in [-0.2, -0.15) is 5.10 Å². The van der Waals surface area contributed by atoms with E-state index in [1.54, 1.807) is 18.7 Å². The summed E-state index contributed by atoms with van der Waals surface area (Å²) in [6.07, 6.45) is 0. The van der Waals surface area contributed by atoms with E-state index >= 15 is 0 Å². The summed E-state index contributed by atoms with van der Waals surface area (Å²) < 4.78 is 7.01. The van der Waals surface area contributed by atoms with Gasteiger partial charge in [0.2, 0.25) is 0 Å². The van der Waals surface area contributed by atoms with Crippen molar-refractivity contribution in [2.24, 2.45) is 4.99 Å². The summed E-state index contributed by atoms with van der Waals surface area (Å²) in [6, 6.07) is 7.38. The van der Waals surface area contributed by atoms with E-state index in [-0.39, 0.29) is 24.2 Å². The number of aromatic nitrogens is 2. The van der Waals surface area contributed by atoms with Crippen LogP contribution >= 0.6 is 11.8 Å². The van der Waals surface area contributed by atoms with Gasteiger partial charge in [-0.25, -0.2) is 4.99 Å². The third kappa shape index (κ3) is 4.26. The lowest BCUT2D eigenvalue weighted by Crippen LogP contribution is -2.40. The highest BCUT2D eigenvalue weighted by Gasteiger charge is 2.33. The molecule has 3 rings (SSSR count). The van der Waals surface area contributed by atoms with Crippen LogP contribution in [0.25, 0.3) is 0 Å². The van der Waals surface area contributed by atoms with Crippen molar-refractivity contribution in [2.75, 3.05) is 12.4 Å². The molecule has 2 aromatic rings. The molecule has 0 aliphatic carbocycles. The summed E-state index contributed by atoms with van der Waals surface area (Å²) in [5.41, 5.74) is 1.26. The van der Waals surface area contributed by atoms with Crippen molar-refractivity contribution >= 4 is 34.2 Å². The molecule has 154 valence electrons. The minimum Gasteiger partial charge on any atom is -0.492 e. The normalized spacial score (nSPS) is 17.7. The van der Waals surface area contributed by atoms with Crippen LogP contribution in [0.2, 0.25) is 0 Å². The Labute approximate surface area is 172 Å². The fraction of sp³-hybridized carbons (Fsp3) is 0.421. The molecule has 1 unspecified atom stereocenters. The number of hydrogen-bond donors (Lipinski definition) is 0. The average Bonchev–Trinajstić information content (AvgIpc) is 3.16. The van der Waals surface area contributed by atoms with Crippen LogP contribution in [0.5, 0.6) is 5.75 Å². The van der Waals surface area contributed by atoms with Crippen LogP contribution in [0.15, 0.2) is 29.3 Å². The molecule has 1 atom stereocenters. The van der Waals surface area contributed by atoms with Crippen molar-refractivity contribution in [2.45, 2.75) is 40.3 Å². The Morgan fingerprint density at radius 2 is 2.14 bits per heavy atom. The molecular weight excluding hydrogens is 394 g/mol. The second-order valence-corrected chi connectivity index (χ2v) is 7.64. The van der Waals surface area contributed by atoms with Crippen LogP contribution in [0.3, 0.4) is 0 Å². The van der Waals surface area contributed by atoms with Gasteiger partial charge in [-0.15, -0.1) is 0 Å². The zero-order chi connectivity index (χ0) is 21.1. The van der Waals surface area contributed by atoms with Crippen molar-refractivity contribution in [1.82, 2.24) is 14.7 Å². The van der Waals surface area contributed by atoms with Gasteiger partial charge < -0.3 is 4.74 Å². The highest BCUT2D eigenvalue weighted by Crippen LogP contribution is 2.32. The quantitative estimate of drug-likeness (QED) is 0.527. The standard InChI is InChI=1S/C19H23N5O4S/c1-5-28-16-9-7-6-8-15(16)20-19-23(12(2)11-29-19)17(25)10-22-14(4)18(24(26)27)13(3)21-22/h6-9,12H,5,10-11H2,1-4H3. The Bertz CT molecular complexity index is 972. The minimum absolute atomic E-state index is 0.0440. The number of carbonyl (C=O) groups excluding carboxylic acids is 1. The molecule has 10 heteroatoms. The lowest BCUT2D eigenvalue weighted by Gasteiger charge is -2.21. The van der Waals surface area contributed by atoms with E-state index in [2.05, 4.69) is 10.1 Å². The zero-order valence-electron chi connectivity index (χ0n) is 16.8. The molecule has 1 saturated heterocycles. The monoisotopic (exact) mass is 417 g/mol. The van der Waals surface area contributed by atoms with Crippen molar-refractivity contribution in [3.05, 3.63) is 45.8 Å². The number of aliphatic imine (C=N–C) groups is 1. The van der Waals surface area contributed by atoms with Gasteiger partial charge in [-0.1, -0.05) is 23.9 Å². The van der Waals surface area contributed by atoms with E-state index in [9.17, 15) is 14.9 Å². The molecule has 1 fully saturated rings. The summed E-state index contributed by atoms with van der Waals surface area (Å²) in [7, 11) is 0. The number of rotatable bonds is 6. The number of amides is 1. The molecule has 0 N–H and O–H groups in total. The fourth-order valence-corrected chi connectivity index (χ4v) is 4.33. The number of hydrogen-bond acceptors (Lipinski definition) is 7. The molecular formula is C19H23N5O4S. The van der Waals surface area contributed by atoms with Gasteiger partial charge in [0.05, 0.1) is 11.5 Å². The van der Waals surface area contributed by atoms with Crippen LogP contribution in [0.4, 0.5) is 11.4 Å². The van der Waals surface area contributed by atoms with E-state index < -0.39 is 4.92 Å². The van der Waals surface area contributed by atoms with Gasteiger partial charge in [0.1, 0.15) is 29.4 Å². The van der Waals surface area contributed by atoms with Gasteiger partial charge >= 0.3 is 5.69 Å². The van der Waals surface area contributed by atoms with Crippen LogP contribution in [-0.4, -0.2) is 49.1 Å². The van der Waals surface area contributed by atoms with Crippen molar-refractivity contribution in [1.29, 1.82) is 0 Å². The highest BCUT2D eigenvalue weighted by atomic mass is 32.2. The Hall–Kier alpha value is -2.88. The zero-order valence-corrected chi connectivity index (χ0v) is 17.6. The molecule has 29 heavy (non-hydrogen) atoms. The van der Waals surface area contributed by atoms with E-state index in [0.717, 1.165) is 5.75 Å². The third-order valence-corrected chi connectivity index (χ3v) is 5.76. The van der Waals surface area contributed by atoms with Crippen molar-refractivity contribution < 1.29 is 14.5 Å². The first kappa shape index (κ1) is 20.8. The van der Waals surface area contributed by atoms with Crippen LogP contribution in [0, 0.1) is 24.0 Å². The largest absolute Gasteiger partial charge is 0.492 e. The molecule has 1 aliphatic rings. The van der Waals surface area contributed by atoms with Crippen LogP contribution in [-0.2, 0) is 11.3 Å². The first-order valence-corrected chi connectivity index (χ1v) is 10.3. The summed E-state index contributed by atoms with van der Waals surface area (Å²) >= 11 is 1.50. The topological polar surface area (TPSA) is 103 Å². The lowest BCUT2D eigenvalue weighted by atomic mass is 10.3. The van der Waals surface area contributed by atoms with Crippen LogP contribution in [0.1, 0.15) is 25.2 Å². The lowest BCUT2D eigenvalue weighted by molar-refractivity contribution is -0.386. The molecule has 1 amide bonds. The molecule has 0 radical (unpaired) electrons. The first-order chi connectivity index (χ1) is 13.8. The summed E-state index contributed by atoms with van der Waals surface area (Å²) in [4.78, 5) is 30.1. The van der Waals surface area contributed by atoms with Crippen molar-refractivity contribution in [3.8, 4) is 5.75 Å². The second-order valence-electron chi connectivity index (χ2n) is 6.65. The smallest absolute Gasteiger partial charge is 0.312 e. The predicted octanol–water partition coefficient (Wildman–Crippen LogP) is 3.46. The number of nitrogens with zero attached hydrogens (tertiary/aromatic N) is 5. The number of amidine groups is 1. The number of ether oxygens (including phenoxy) is 1. The van der Waals surface area contributed by atoms with Crippen LogP contribution < -0.4 is 4.74 Å². The van der Waals surface area contributed by atoms with E-state index in [0.29, 0.717) is 34.6 Å². The van der Waals surface area contributed by atoms with E-state index in [1.807, 2.05) is 38.1 Å². The van der Waals surface area contributed by atoms with E-state index in [4.69, 9.17) is 4.74 Å². The molecule has 9 nitrogen and oxygen atoms in total. The maximum absolute atomic E-state index is 13.0. The summed E-state index contributed by atoms with van der Waals surface area (Å²) in [5, 5.41) is 16.0. The third-order valence-electron chi connectivity index (χ3n) is 4.56. The summed E-state index contributed by atoms with van der Waals surface area (Å²) in [5.74, 6) is 1.17. The second kappa shape index (κ2) is 8.64. The summed E-state index contributed by atoms with van der Waals surface area (Å²) in [6.45, 7) is 7.45. The first-order valence-electron chi connectivity index (χ1n) is 9.27. The molecule has 1 aromatic heterocycles. The Morgan fingerprint density at radius 1 is 1.41 bits per heavy atom. The molecule has 1 aromatic carbocycles. The maximum Gasteiger partial charge on any atom is 0.312 e. The Morgan fingerprint density at radius 3 is 2.79 bits per heavy atom. The number of benzene rings is 1. The number of thioether (sulfide) groups is 1. The minimum atomic E-state index is -0.468. The number of nitro groups is 1. The number of aryl methyl sites for hydroxylation is 1. The average molecular weight is 417 g/mol. The predicted molar refractivity (Wildman–Crippen MR) is 112 cm³/mol. The highest BCUT2D eigenvalue weighted by molar-refractivity contribution is 8.14. The fourth-order valence-electron chi connectivity index (χ4n) is 3.21. The van der Waals surface area contributed by atoms with Gasteiger partial charge in [-0.3, -0.25) is 24.5 Å². The molecule has 0 saturated carbocycles. The number of para-hydroxylation sites is 2. The SMILES string of the molecule is CCOc1ccccc1N=C1SCC(C)N1C(=O)Cn1nc(C)c([N+](=O)[O-])c1C. The van der Waals surface area contributed by atoms with E-state index in [1.165, 1.54) is 16.4 Å². The maximum atomic E-state index is 13.0. The van der Waals surface area contributed by atoms with Gasteiger partial charge in [-0.05, 0) is 39.8 Å². The Balaban J connectivity index is 1.88. The molecule has 0 bridgehead atoms. The van der Waals surface area contributed by atoms with Gasteiger partial charge in [0.15, 0.2) is 5.17 Å². The van der Waals surface area contributed by atoms with Gasteiger partial charge in [0.25, 0.3) is 5.91 Å². The Kier molecular flexibility index (Phi) is 6.21. The van der Waals surface area contributed by atoms with Crippen molar-refractivity contribution in [3.63, 3.8) is 0 Å². The molecule has 1 aliphatic heterocycles. The molecule has 0 spiro atoms. The number of carbonyl (C=O) groups is 1. The molecule has 2 heterocycles.